The van der Waals surface area contributed by atoms with E-state index >= 15 is 0 Å². The molecule has 114 valence electrons. The molecule has 3 rings (SSSR count). The Morgan fingerprint density at radius 1 is 1.20 bits per heavy atom. The molecule has 1 saturated carbocycles. The Balaban J connectivity index is 1.90. The van der Waals surface area contributed by atoms with Crippen LogP contribution < -0.4 is 0 Å². The van der Waals surface area contributed by atoms with Crippen LogP contribution in [0.15, 0.2) is 11.6 Å². The molecule has 1 saturated heterocycles. The molecule has 20 heavy (non-hydrogen) atoms. The van der Waals surface area contributed by atoms with Gasteiger partial charge in [0.25, 0.3) is 0 Å². The molecule has 3 atom stereocenters. The monoisotopic (exact) mass is 276 g/mol. The lowest BCUT2D eigenvalue weighted by Crippen LogP contribution is -2.51. The first-order valence-electron chi connectivity index (χ1n) is 8.83. The third kappa shape index (κ3) is 2.00. The second kappa shape index (κ2) is 4.87. The Bertz CT molecular complexity index is 408. The lowest BCUT2D eigenvalue weighted by molar-refractivity contribution is -0.132. The summed E-state index contributed by atoms with van der Waals surface area (Å²) in [6, 6.07) is 0. The first-order valence-corrected chi connectivity index (χ1v) is 8.83. The van der Waals surface area contributed by atoms with Gasteiger partial charge in [-0.05, 0) is 70.3 Å². The summed E-state index contributed by atoms with van der Waals surface area (Å²) in [6.07, 6.45) is 14.4. The zero-order chi connectivity index (χ0) is 14.4. The van der Waals surface area contributed by atoms with Crippen molar-refractivity contribution in [3.8, 4) is 0 Å². The summed E-state index contributed by atoms with van der Waals surface area (Å²) in [5.41, 5.74) is 2.23. The van der Waals surface area contributed by atoms with E-state index in [0.717, 1.165) is 5.92 Å². The molecular weight excluding hydrogens is 244 g/mol. The fraction of sp³-hybridized carbons (Fsp3) is 0.895. The minimum atomic E-state index is 0.0823. The average Bonchev–Trinajstić information content (AvgIpc) is 2.62. The van der Waals surface area contributed by atoms with E-state index in [1.54, 1.807) is 5.57 Å². The highest BCUT2D eigenvalue weighted by molar-refractivity contribution is 5.31. The number of ether oxygens (including phenoxy) is 1. The minimum absolute atomic E-state index is 0.0823. The van der Waals surface area contributed by atoms with Crippen molar-refractivity contribution in [3.05, 3.63) is 11.6 Å². The highest BCUT2D eigenvalue weighted by Gasteiger charge is 2.64. The third-order valence-corrected chi connectivity index (χ3v) is 6.63. The van der Waals surface area contributed by atoms with E-state index in [9.17, 15) is 0 Å². The van der Waals surface area contributed by atoms with E-state index in [2.05, 4.69) is 33.8 Å². The van der Waals surface area contributed by atoms with Crippen molar-refractivity contribution in [1.82, 2.24) is 0 Å². The topological polar surface area (TPSA) is 9.23 Å². The Kier molecular flexibility index (Phi) is 3.56. The summed E-state index contributed by atoms with van der Waals surface area (Å²) < 4.78 is 6.84. The van der Waals surface area contributed by atoms with E-state index in [0.29, 0.717) is 5.41 Å². The van der Waals surface area contributed by atoms with Gasteiger partial charge in [-0.25, -0.2) is 0 Å². The average molecular weight is 276 g/mol. The molecule has 0 aromatic rings. The molecule has 2 bridgehead atoms. The van der Waals surface area contributed by atoms with E-state index in [4.69, 9.17) is 4.74 Å². The van der Waals surface area contributed by atoms with Crippen molar-refractivity contribution < 1.29 is 4.74 Å². The molecule has 0 aromatic carbocycles. The van der Waals surface area contributed by atoms with Gasteiger partial charge >= 0.3 is 0 Å². The van der Waals surface area contributed by atoms with Gasteiger partial charge < -0.3 is 4.74 Å². The molecule has 3 aliphatic rings. The van der Waals surface area contributed by atoms with Gasteiger partial charge in [-0.1, -0.05) is 32.8 Å². The summed E-state index contributed by atoms with van der Waals surface area (Å²) in [4.78, 5) is 0. The molecule has 2 aliphatic carbocycles. The van der Waals surface area contributed by atoms with Crippen molar-refractivity contribution in [2.24, 2.45) is 11.3 Å². The maximum atomic E-state index is 6.84. The van der Waals surface area contributed by atoms with Crippen LogP contribution in [-0.4, -0.2) is 11.2 Å². The van der Waals surface area contributed by atoms with Crippen LogP contribution in [0.2, 0.25) is 0 Å². The van der Waals surface area contributed by atoms with Crippen molar-refractivity contribution >= 4 is 0 Å². The quantitative estimate of drug-likeness (QED) is 0.477. The molecular formula is C19H32O. The van der Waals surface area contributed by atoms with Crippen LogP contribution in [0.3, 0.4) is 0 Å². The SMILES string of the molecule is CCCCCC1=CCC[C@@]2(C)CC[C@@H]3C[C@]12OC3(C)C. The van der Waals surface area contributed by atoms with Crippen LogP contribution in [0.25, 0.3) is 0 Å². The standard InChI is InChI=1S/C19H32O/c1-5-6-7-9-15-10-8-12-18(4)13-11-16-14-19(15,18)20-17(16,2)3/h10,16H,5-9,11-14H2,1-4H3/t16-,18+,19+/m1/s1. The van der Waals surface area contributed by atoms with Gasteiger partial charge in [0.05, 0.1) is 11.2 Å². The summed E-state index contributed by atoms with van der Waals surface area (Å²) in [5.74, 6) is 0.767. The number of unbranched alkanes of at least 4 members (excludes halogenated alkanes) is 2. The molecule has 1 heterocycles. The lowest BCUT2D eigenvalue weighted by Gasteiger charge is -2.52. The first-order chi connectivity index (χ1) is 9.44. The van der Waals surface area contributed by atoms with Crippen LogP contribution in [0.1, 0.15) is 85.5 Å². The molecule has 1 aliphatic heterocycles. The molecule has 1 spiro atoms. The Hall–Kier alpha value is -0.300. The smallest absolute Gasteiger partial charge is 0.0955 e. The van der Waals surface area contributed by atoms with E-state index in [1.165, 1.54) is 57.8 Å². The zero-order valence-corrected chi connectivity index (χ0v) is 13.9. The predicted molar refractivity (Wildman–Crippen MR) is 84.8 cm³/mol. The summed E-state index contributed by atoms with van der Waals surface area (Å²) >= 11 is 0. The van der Waals surface area contributed by atoms with Gasteiger partial charge in [0, 0.05) is 5.41 Å². The molecule has 1 heteroatoms. The summed E-state index contributed by atoms with van der Waals surface area (Å²) in [6.45, 7) is 9.47. The van der Waals surface area contributed by atoms with E-state index in [-0.39, 0.29) is 11.2 Å². The second-order valence-corrected chi connectivity index (χ2v) is 8.26. The van der Waals surface area contributed by atoms with Crippen LogP contribution in [0, 0.1) is 11.3 Å². The summed E-state index contributed by atoms with van der Waals surface area (Å²) in [7, 11) is 0. The fourth-order valence-corrected chi connectivity index (χ4v) is 5.19. The van der Waals surface area contributed by atoms with Gasteiger partial charge in [-0.15, -0.1) is 0 Å². The van der Waals surface area contributed by atoms with Gasteiger partial charge in [-0.3, -0.25) is 0 Å². The van der Waals surface area contributed by atoms with Gasteiger partial charge in [-0.2, -0.15) is 0 Å². The van der Waals surface area contributed by atoms with Crippen molar-refractivity contribution in [2.45, 2.75) is 96.7 Å². The normalized spacial score (nSPS) is 42.2. The Morgan fingerprint density at radius 3 is 2.75 bits per heavy atom. The minimum Gasteiger partial charge on any atom is -0.364 e. The first kappa shape index (κ1) is 14.6. The molecule has 2 fully saturated rings. The lowest BCUT2D eigenvalue weighted by atomic mass is 9.55. The van der Waals surface area contributed by atoms with Gasteiger partial charge in [0.1, 0.15) is 0 Å². The van der Waals surface area contributed by atoms with Gasteiger partial charge in [0.15, 0.2) is 0 Å². The van der Waals surface area contributed by atoms with Crippen LogP contribution in [0.4, 0.5) is 0 Å². The number of hydrogen-bond acceptors (Lipinski definition) is 1. The van der Waals surface area contributed by atoms with Crippen LogP contribution in [0.5, 0.6) is 0 Å². The highest BCUT2D eigenvalue weighted by Crippen LogP contribution is 2.65. The molecule has 0 amide bonds. The third-order valence-electron chi connectivity index (χ3n) is 6.63. The molecule has 0 unspecified atom stereocenters. The van der Waals surface area contributed by atoms with Crippen molar-refractivity contribution in [1.29, 1.82) is 0 Å². The molecule has 1 nitrogen and oxygen atoms in total. The van der Waals surface area contributed by atoms with Crippen LogP contribution >= 0.6 is 0 Å². The second-order valence-electron chi connectivity index (χ2n) is 8.26. The molecule has 0 aromatic heterocycles. The summed E-state index contributed by atoms with van der Waals surface area (Å²) in [5, 5.41) is 0. The molecule has 0 N–H and O–H groups in total. The molecule has 0 radical (unpaired) electrons. The number of hydrogen-bond donors (Lipinski definition) is 0. The van der Waals surface area contributed by atoms with Gasteiger partial charge in [0.2, 0.25) is 0 Å². The number of allylic oxidation sites excluding steroid dienone is 1. The van der Waals surface area contributed by atoms with Crippen molar-refractivity contribution in [3.63, 3.8) is 0 Å². The zero-order valence-electron chi connectivity index (χ0n) is 13.9. The highest BCUT2D eigenvalue weighted by atomic mass is 16.5. The Morgan fingerprint density at radius 2 is 2.00 bits per heavy atom. The fourth-order valence-electron chi connectivity index (χ4n) is 5.19. The van der Waals surface area contributed by atoms with Crippen molar-refractivity contribution in [2.75, 3.05) is 0 Å². The maximum absolute atomic E-state index is 6.84. The van der Waals surface area contributed by atoms with E-state index in [1.807, 2.05) is 0 Å². The van der Waals surface area contributed by atoms with E-state index < -0.39 is 0 Å². The largest absolute Gasteiger partial charge is 0.364 e. The number of rotatable bonds is 4. The maximum Gasteiger partial charge on any atom is 0.0955 e. The Labute approximate surface area is 125 Å². The number of fused-ring (bicyclic) bond motifs is 1. The van der Waals surface area contributed by atoms with Crippen LogP contribution in [-0.2, 0) is 4.74 Å². The predicted octanol–water partition coefficient (Wildman–Crippen LogP) is 5.64.